The van der Waals surface area contributed by atoms with Gasteiger partial charge in [0.05, 0.1) is 23.6 Å². The van der Waals surface area contributed by atoms with Crippen LogP contribution in [0.15, 0.2) is 17.5 Å². The second-order valence-corrected chi connectivity index (χ2v) is 5.56. The molecule has 0 aliphatic rings. The van der Waals surface area contributed by atoms with Crippen molar-refractivity contribution in [2.45, 2.75) is 31.8 Å². The van der Waals surface area contributed by atoms with E-state index in [1.54, 1.807) is 31.4 Å². The quantitative estimate of drug-likeness (QED) is 0.574. The smallest absolute Gasteiger partial charge is 0.261 e. The number of amides is 2. The molecule has 1 unspecified atom stereocenters. The van der Waals surface area contributed by atoms with Crippen LogP contribution in [0.5, 0.6) is 0 Å². The molecule has 0 aliphatic carbocycles. The Balaban J connectivity index is 2.61. The van der Waals surface area contributed by atoms with Gasteiger partial charge >= 0.3 is 0 Å². The molecule has 0 saturated heterocycles. The summed E-state index contributed by atoms with van der Waals surface area (Å²) >= 11 is 1.29. The fourth-order valence-corrected chi connectivity index (χ4v) is 2.18. The van der Waals surface area contributed by atoms with Gasteiger partial charge in [0.2, 0.25) is 5.91 Å². The van der Waals surface area contributed by atoms with Crippen molar-refractivity contribution in [1.82, 2.24) is 10.6 Å². The summed E-state index contributed by atoms with van der Waals surface area (Å²) in [4.78, 5) is 24.3. The van der Waals surface area contributed by atoms with Gasteiger partial charge in [0.15, 0.2) is 0 Å². The Labute approximate surface area is 121 Å². The number of thiophene rings is 1. The van der Waals surface area contributed by atoms with E-state index in [0.717, 1.165) is 0 Å². The van der Waals surface area contributed by atoms with E-state index in [0.29, 0.717) is 11.3 Å². The number of aliphatic hydroxyl groups is 2. The molecule has 1 atom stereocenters. The van der Waals surface area contributed by atoms with Crippen LogP contribution in [0.3, 0.4) is 0 Å². The van der Waals surface area contributed by atoms with Crippen molar-refractivity contribution in [2.24, 2.45) is 0 Å². The van der Waals surface area contributed by atoms with Crippen molar-refractivity contribution in [2.75, 3.05) is 13.2 Å². The van der Waals surface area contributed by atoms with Crippen LogP contribution in [0.2, 0.25) is 0 Å². The number of carbonyl (C=O) groups is 2. The average Bonchev–Trinajstić information content (AvgIpc) is 2.99. The molecule has 20 heavy (non-hydrogen) atoms. The van der Waals surface area contributed by atoms with Gasteiger partial charge in [-0.05, 0) is 24.8 Å². The summed E-state index contributed by atoms with van der Waals surface area (Å²) in [6.45, 7) is 2.58. The van der Waals surface area contributed by atoms with Gasteiger partial charge in [-0.25, -0.2) is 0 Å². The maximum absolute atomic E-state index is 12.0. The van der Waals surface area contributed by atoms with Crippen molar-refractivity contribution in [3.63, 3.8) is 0 Å². The zero-order valence-electron chi connectivity index (χ0n) is 11.5. The minimum atomic E-state index is -1.06. The van der Waals surface area contributed by atoms with Crippen LogP contribution in [-0.4, -0.2) is 46.8 Å². The third kappa shape index (κ3) is 4.03. The lowest BCUT2D eigenvalue weighted by Gasteiger charge is -2.31. The largest absolute Gasteiger partial charge is 0.394 e. The number of aliphatic hydroxyl groups excluding tert-OH is 2. The molecule has 0 radical (unpaired) electrons. The first-order valence-corrected chi connectivity index (χ1v) is 7.24. The van der Waals surface area contributed by atoms with Crippen LogP contribution >= 0.6 is 11.3 Å². The summed E-state index contributed by atoms with van der Waals surface area (Å²) in [6, 6.07) is 2.67. The first-order valence-electron chi connectivity index (χ1n) is 6.36. The Morgan fingerprint density at radius 3 is 2.50 bits per heavy atom. The van der Waals surface area contributed by atoms with Crippen molar-refractivity contribution in [3.8, 4) is 0 Å². The van der Waals surface area contributed by atoms with Gasteiger partial charge in [-0.15, -0.1) is 11.3 Å². The molecule has 0 bridgehead atoms. The Bertz CT molecular complexity index is 435. The predicted octanol–water partition coefficient (Wildman–Crippen LogP) is 0.116. The summed E-state index contributed by atoms with van der Waals surface area (Å²) in [7, 11) is 0. The SMILES string of the molecule is CCC(CO)(CO)NC(=O)C(C)NC(=O)c1cccs1. The average molecular weight is 300 g/mol. The van der Waals surface area contributed by atoms with Crippen LogP contribution in [0.1, 0.15) is 29.9 Å². The number of hydrogen-bond acceptors (Lipinski definition) is 5. The topological polar surface area (TPSA) is 98.7 Å². The van der Waals surface area contributed by atoms with Gasteiger partial charge in [-0.1, -0.05) is 13.0 Å². The standard InChI is InChI=1S/C13H20N2O4S/c1-3-13(7-16,8-17)15-11(18)9(2)14-12(19)10-5-4-6-20-10/h4-6,9,16-17H,3,7-8H2,1-2H3,(H,14,19)(H,15,18). The van der Waals surface area contributed by atoms with E-state index >= 15 is 0 Å². The third-order valence-electron chi connectivity index (χ3n) is 3.16. The van der Waals surface area contributed by atoms with Crippen LogP contribution < -0.4 is 10.6 Å². The van der Waals surface area contributed by atoms with Crippen LogP contribution in [0.4, 0.5) is 0 Å². The van der Waals surface area contributed by atoms with Crippen LogP contribution in [-0.2, 0) is 4.79 Å². The maximum Gasteiger partial charge on any atom is 0.261 e. The van der Waals surface area contributed by atoms with Gasteiger partial charge in [0.25, 0.3) is 5.91 Å². The zero-order valence-corrected chi connectivity index (χ0v) is 12.4. The highest BCUT2D eigenvalue weighted by molar-refractivity contribution is 7.12. The molecule has 7 heteroatoms. The second-order valence-electron chi connectivity index (χ2n) is 4.61. The highest BCUT2D eigenvalue weighted by Crippen LogP contribution is 2.10. The zero-order chi connectivity index (χ0) is 15.2. The maximum atomic E-state index is 12.0. The summed E-state index contributed by atoms with van der Waals surface area (Å²) in [5.41, 5.74) is -1.06. The van der Waals surface area contributed by atoms with E-state index in [4.69, 9.17) is 0 Å². The fraction of sp³-hybridized carbons (Fsp3) is 0.538. The van der Waals surface area contributed by atoms with Gasteiger partial charge in [0, 0.05) is 0 Å². The molecular weight excluding hydrogens is 280 g/mol. The lowest BCUT2D eigenvalue weighted by atomic mass is 9.98. The van der Waals surface area contributed by atoms with Gasteiger partial charge in [-0.3, -0.25) is 9.59 Å². The van der Waals surface area contributed by atoms with E-state index in [-0.39, 0.29) is 19.1 Å². The number of nitrogens with one attached hydrogen (secondary N) is 2. The molecule has 0 aliphatic heterocycles. The molecule has 1 aromatic heterocycles. The first kappa shape index (κ1) is 16.6. The molecule has 0 fully saturated rings. The molecule has 1 heterocycles. The van der Waals surface area contributed by atoms with E-state index in [1.165, 1.54) is 11.3 Å². The Hall–Kier alpha value is -1.44. The summed E-state index contributed by atoms with van der Waals surface area (Å²) in [6.07, 6.45) is 0.386. The van der Waals surface area contributed by atoms with E-state index in [9.17, 15) is 19.8 Å². The lowest BCUT2D eigenvalue weighted by Crippen LogP contribution is -2.58. The molecule has 0 saturated carbocycles. The lowest BCUT2D eigenvalue weighted by molar-refractivity contribution is -0.126. The number of carbonyl (C=O) groups excluding carboxylic acids is 2. The van der Waals surface area contributed by atoms with Crippen molar-refractivity contribution in [3.05, 3.63) is 22.4 Å². The molecule has 6 nitrogen and oxygen atoms in total. The molecule has 112 valence electrons. The van der Waals surface area contributed by atoms with E-state index in [2.05, 4.69) is 10.6 Å². The highest BCUT2D eigenvalue weighted by Gasteiger charge is 2.30. The Kier molecular flexibility index (Phi) is 6.12. The summed E-state index contributed by atoms with van der Waals surface area (Å²) < 4.78 is 0. The monoisotopic (exact) mass is 300 g/mol. The van der Waals surface area contributed by atoms with Crippen molar-refractivity contribution in [1.29, 1.82) is 0 Å². The molecule has 0 spiro atoms. The third-order valence-corrected chi connectivity index (χ3v) is 4.02. The van der Waals surface area contributed by atoms with Crippen molar-refractivity contribution < 1.29 is 19.8 Å². The second kappa shape index (κ2) is 7.37. The molecule has 1 aromatic rings. The summed E-state index contributed by atoms with van der Waals surface area (Å²) in [5, 5.41) is 25.5. The molecule has 1 rings (SSSR count). The minimum absolute atomic E-state index is 0.322. The van der Waals surface area contributed by atoms with E-state index in [1.807, 2.05) is 0 Å². The minimum Gasteiger partial charge on any atom is -0.394 e. The summed E-state index contributed by atoms with van der Waals surface area (Å²) in [5.74, 6) is -0.766. The molecule has 2 amide bonds. The fourth-order valence-electron chi connectivity index (χ4n) is 1.55. The Morgan fingerprint density at radius 2 is 2.05 bits per heavy atom. The molecule has 4 N–H and O–H groups in total. The van der Waals surface area contributed by atoms with Gasteiger partial charge in [-0.2, -0.15) is 0 Å². The number of hydrogen-bond donors (Lipinski definition) is 4. The van der Waals surface area contributed by atoms with Gasteiger partial charge in [0.1, 0.15) is 6.04 Å². The first-order chi connectivity index (χ1) is 9.48. The molecular formula is C13H20N2O4S. The number of rotatable bonds is 7. The Morgan fingerprint density at radius 1 is 1.40 bits per heavy atom. The van der Waals surface area contributed by atoms with Crippen molar-refractivity contribution >= 4 is 23.2 Å². The highest BCUT2D eigenvalue weighted by atomic mass is 32.1. The van der Waals surface area contributed by atoms with E-state index < -0.39 is 17.5 Å². The normalized spacial score (nSPS) is 12.8. The van der Waals surface area contributed by atoms with Crippen LogP contribution in [0.25, 0.3) is 0 Å². The van der Waals surface area contributed by atoms with Crippen LogP contribution in [0, 0.1) is 0 Å². The molecule has 0 aromatic carbocycles. The van der Waals surface area contributed by atoms with Gasteiger partial charge < -0.3 is 20.8 Å². The predicted molar refractivity (Wildman–Crippen MR) is 76.6 cm³/mol.